The average molecular weight is 691 g/mol. The highest BCUT2D eigenvalue weighted by Gasteiger charge is 2.45. The first-order chi connectivity index (χ1) is 24.4. The molecular weight excluding hydrogens is 659 g/mol. The van der Waals surface area contributed by atoms with Gasteiger partial charge in [0, 0.05) is 35.7 Å². The Bertz CT molecular complexity index is 2320. The van der Waals surface area contributed by atoms with Gasteiger partial charge in [-0.05, 0) is 85.4 Å². The van der Waals surface area contributed by atoms with Crippen LogP contribution in [0.1, 0.15) is 75.7 Å². The summed E-state index contributed by atoms with van der Waals surface area (Å²) in [6.07, 6.45) is 6.14. The standard InChI is InChI=1S/C38H32F2N6O3S/c1-19-44-45-37(49-19)30-27(13-7-20-5-8-22(39)9-6-20)42-33-28-4-3-17-46(28)38(47)32(33)31(30)29-18-21-15-16-41-36(35(21)50-29)43-26-14-11-24-23(26)10-12-25(40)34(24)48-2/h5-6,8-10,12,15-16,18,26,28H,3-4,7,11,13-14,17H2,1-2H3,(H,41,43)/t26-,28+/m1/s1. The molecule has 0 radical (unpaired) electrons. The topological polar surface area (TPSA) is 106 Å². The van der Waals surface area contributed by atoms with Crippen molar-refractivity contribution in [2.75, 3.05) is 19.0 Å². The molecule has 1 amide bonds. The number of methoxy groups -OCH3 is 1. The number of hydrogen-bond donors (Lipinski definition) is 1. The lowest BCUT2D eigenvalue weighted by Gasteiger charge is -2.16. The zero-order chi connectivity index (χ0) is 34.1. The van der Waals surface area contributed by atoms with Crippen LogP contribution < -0.4 is 10.1 Å². The van der Waals surface area contributed by atoms with Crippen molar-refractivity contribution in [3.05, 3.63) is 106 Å². The Labute approximate surface area is 290 Å². The van der Waals surface area contributed by atoms with Gasteiger partial charge in [0.2, 0.25) is 11.8 Å². The van der Waals surface area contributed by atoms with Crippen LogP contribution in [-0.2, 0) is 19.3 Å². The summed E-state index contributed by atoms with van der Waals surface area (Å²) in [4.78, 5) is 27.0. The predicted octanol–water partition coefficient (Wildman–Crippen LogP) is 8.18. The summed E-state index contributed by atoms with van der Waals surface area (Å²) in [5.41, 5.74) is 6.36. The minimum absolute atomic E-state index is 0.0368. The van der Waals surface area contributed by atoms with Crippen molar-refractivity contribution >= 4 is 33.1 Å². The third-order valence-corrected chi connectivity index (χ3v) is 11.3. The Morgan fingerprint density at radius 1 is 1.04 bits per heavy atom. The van der Waals surface area contributed by atoms with Gasteiger partial charge in [-0.15, -0.1) is 21.5 Å². The predicted molar refractivity (Wildman–Crippen MR) is 185 cm³/mol. The van der Waals surface area contributed by atoms with E-state index in [1.165, 1.54) is 25.3 Å². The van der Waals surface area contributed by atoms with E-state index in [0.29, 0.717) is 60.3 Å². The lowest BCUT2D eigenvalue weighted by molar-refractivity contribution is 0.0776. The van der Waals surface area contributed by atoms with Gasteiger partial charge in [-0.25, -0.2) is 13.8 Å². The molecule has 1 aliphatic carbocycles. The molecule has 9 nitrogen and oxygen atoms in total. The van der Waals surface area contributed by atoms with E-state index in [2.05, 4.69) is 21.6 Å². The molecule has 50 heavy (non-hydrogen) atoms. The van der Waals surface area contributed by atoms with Crippen LogP contribution >= 0.6 is 11.3 Å². The van der Waals surface area contributed by atoms with Gasteiger partial charge in [0.1, 0.15) is 11.6 Å². The Morgan fingerprint density at radius 2 is 1.90 bits per heavy atom. The Morgan fingerprint density at radius 3 is 2.70 bits per heavy atom. The molecule has 4 aromatic heterocycles. The van der Waals surface area contributed by atoms with Crippen molar-refractivity contribution in [1.82, 2.24) is 25.1 Å². The molecule has 0 spiro atoms. The summed E-state index contributed by atoms with van der Waals surface area (Å²) < 4.78 is 40.6. The van der Waals surface area contributed by atoms with E-state index in [1.807, 2.05) is 17.0 Å². The van der Waals surface area contributed by atoms with Crippen LogP contribution in [-0.4, -0.2) is 44.6 Å². The monoisotopic (exact) mass is 690 g/mol. The van der Waals surface area contributed by atoms with Crippen LogP contribution in [0.2, 0.25) is 0 Å². The molecule has 6 aromatic rings. The smallest absolute Gasteiger partial charge is 0.257 e. The number of thiophene rings is 1. The number of aryl methyl sites for hydroxylation is 3. The van der Waals surface area contributed by atoms with Crippen molar-refractivity contribution in [1.29, 1.82) is 0 Å². The maximum atomic E-state index is 14.5. The van der Waals surface area contributed by atoms with Crippen molar-refractivity contribution < 1.29 is 22.7 Å². The van der Waals surface area contributed by atoms with Gasteiger partial charge >= 0.3 is 0 Å². The highest BCUT2D eigenvalue weighted by Crippen LogP contribution is 2.51. The molecule has 0 unspecified atom stereocenters. The molecule has 0 saturated carbocycles. The quantitative estimate of drug-likeness (QED) is 0.171. The largest absolute Gasteiger partial charge is 0.493 e. The van der Waals surface area contributed by atoms with Crippen molar-refractivity contribution in [2.24, 2.45) is 0 Å². The number of halogens is 2. The number of nitrogens with zero attached hydrogens (tertiary/aromatic N) is 5. The van der Waals surface area contributed by atoms with Gasteiger partial charge < -0.3 is 19.4 Å². The SMILES string of the molecule is COc1c(F)ccc2c1CC[C@H]2Nc1nccc2cc(-c3c4c(nc(CCc5ccc(F)cc5)c3-c3nnc(C)o3)[C@@H]3CCCN3C4=O)sc12. The summed E-state index contributed by atoms with van der Waals surface area (Å²) in [5.74, 6) is 1.04. The zero-order valence-electron chi connectivity index (χ0n) is 27.4. The minimum atomic E-state index is -0.362. The van der Waals surface area contributed by atoms with E-state index >= 15 is 0 Å². The zero-order valence-corrected chi connectivity index (χ0v) is 28.2. The molecule has 2 atom stereocenters. The molecule has 9 rings (SSSR count). The second-order valence-corrected chi connectivity index (χ2v) is 14.1. The molecule has 1 saturated heterocycles. The van der Waals surface area contributed by atoms with Gasteiger partial charge in [-0.3, -0.25) is 9.78 Å². The molecule has 1 N–H and O–H groups in total. The number of nitrogens with one attached hydrogen (secondary N) is 1. The number of aromatic nitrogens is 4. The maximum absolute atomic E-state index is 14.5. The van der Waals surface area contributed by atoms with Crippen LogP contribution in [0.4, 0.5) is 14.6 Å². The third-order valence-electron chi connectivity index (χ3n) is 10.1. The summed E-state index contributed by atoms with van der Waals surface area (Å²) in [6, 6.07) is 13.7. The Kier molecular flexibility index (Phi) is 7.38. The Hall–Kier alpha value is -5.23. The summed E-state index contributed by atoms with van der Waals surface area (Å²) >= 11 is 1.55. The summed E-state index contributed by atoms with van der Waals surface area (Å²) in [5, 5.41) is 13.2. The molecule has 252 valence electrons. The fourth-order valence-corrected chi connectivity index (χ4v) is 9.05. The van der Waals surface area contributed by atoms with E-state index < -0.39 is 0 Å². The number of fused-ring (bicyclic) bond motifs is 5. The number of rotatable bonds is 8. The number of hydrogen-bond acceptors (Lipinski definition) is 9. The summed E-state index contributed by atoms with van der Waals surface area (Å²) in [7, 11) is 1.50. The van der Waals surface area contributed by atoms with Gasteiger partial charge in [-0.1, -0.05) is 18.2 Å². The summed E-state index contributed by atoms with van der Waals surface area (Å²) in [6.45, 7) is 2.42. The lowest BCUT2D eigenvalue weighted by atomic mass is 9.93. The van der Waals surface area contributed by atoms with Crippen LogP contribution in [0.5, 0.6) is 5.75 Å². The highest BCUT2D eigenvalue weighted by atomic mass is 32.1. The van der Waals surface area contributed by atoms with Crippen LogP contribution in [0.15, 0.2) is 59.1 Å². The average Bonchev–Trinajstić information content (AvgIpc) is 3.96. The number of pyridine rings is 2. The van der Waals surface area contributed by atoms with Gasteiger partial charge in [-0.2, -0.15) is 0 Å². The number of anilines is 1. The van der Waals surface area contributed by atoms with Gasteiger partial charge in [0.25, 0.3) is 5.91 Å². The van der Waals surface area contributed by atoms with Gasteiger partial charge in [0.15, 0.2) is 11.6 Å². The molecular formula is C38H32F2N6O3S. The van der Waals surface area contributed by atoms with Crippen LogP contribution in [0.3, 0.4) is 0 Å². The number of carbonyl (C=O) groups excluding carboxylic acids is 1. The normalized spacial score (nSPS) is 17.8. The first-order valence-corrected chi connectivity index (χ1v) is 17.6. The van der Waals surface area contributed by atoms with Crippen LogP contribution in [0.25, 0.3) is 32.0 Å². The number of benzene rings is 2. The maximum Gasteiger partial charge on any atom is 0.257 e. The molecule has 2 aliphatic heterocycles. The molecule has 2 aromatic carbocycles. The van der Waals surface area contributed by atoms with Crippen molar-refractivity contribution in [3.63, 3.8) is 0 Å². The number of amides is 1. The number of carbonyl (C=O) groups is 1. The minimum Gasteiger partial charge on any atom is -0.493 e. The number of ether oxygens (including phenoxy) is 1. The van der Waals surface area contributed by atoms with Crippen molar-refractivity contribution in [2.45, 2.75) is 57.5 Å². The highest BCUT2D eigenvalue weighted by molar-refractivity contribution is 7.23. The Balaban J connectivity index is 1.20. The fraction of sp³-hybridized carbons (Fsp3) is 0.289. The van der Waals surface area contributed by atoms with Crippen molar-refractivity contribution in [3.8, 4) is 27.6 Å². The van der Waals surface area contributed by atoms with E-state index in [-0.39, 0.29) is 29.6 Å². The lowest BCUT2D eigenvalue weighted by Crippen LogP contribution is -2.22. The van der Waals surface area contributed by atoms with E-state index in [9.17, 15) is 13.6 Å². The van der Waals surface area contributed by atoms with E-state index in [4.69, 9.17) is 19.1 Å². The molecule has 12 heteroatoms. The first-order valence-electron chi connectivity index (χ1n) is 16.8. The molecule has 1 fully saturated rings. The molecule has 6 heterocycles. The van der Waals surface area contributed by atoms with E-state index in [1.54, 1.807) is 36.6 Å². The second kappa shape index (κ2) is 12.0. The van der Waals surface area contributed by atoms with Crippen LogP contribution in [0, 0.1) is 18.6 Å². The van der Waals surface area contributed by atoms with Gasteiger partial charge in [0.05, 0.1) is 46.4 Å². The molecule has 0 bridgehead atoms. The third kappa shape index (κ3) is 4.95. The fourth-order valence-electron chi connectivity index (χ4n) is 7.89. The second-order valence-electron chi connectivity index (χ2n) is 13.1. The van der Waals surface area contributed by atoms with E-state index in [0.717, 1.165) is 67.9 Å². The molecule has 3 aliphatic rings. The first kappa shape index (κ1) is 30.8.